The van der Waals surface area contributed by atoms with Gasteiger partial charge in [0.1, 0.15) is 0 Å². The van der Waals surface area contributed by atoms with Gasteiger partial charge in [-0.25, -0.2) is 8.42 Å². The Balaban J connectivity index is 1.91. The van der Waals surface area contributed by atoms with Gasteiger partial charge < -0.3 is 10.6 Å². The summed E-state index contributed by atoms with van der Waals surface area (Å²) in [6.45, 7) is 2.09. The molecule has 8 heteroatoms. The molecule has 0 radical (unpaired) electrons. The second kappa shape index (κ2) is 5.95. The fourth-order valence-electron chi connectivity index (χ4n) is 1.89. The maximum absolute atomic E-state index is 11.4. The fourth-order valence-corrected chi connectivity index (χ4v) is 5.62. The Hall–Kier alpha value is -0.370. The summed E-state index contributed by atoms with van der Waals surface area (Å²) in [5.41, 5.74) is 0. The molecule has 1 aliphatic heterocycles. The Morgan fingerprint density at radius 3 is 2.79 bits per heavy atom. The van der Waals surface area contributed by atoms with E-state index in [0.717, 1.165) is 11.4 Å². The van der Waals surface area contributed by atoms with Crippen LogP contribution in [-0.2, 0) is 16.3 Å². The van der Waals surface area contributed by atoms with Crippen LogP contribution in [0, 0.1) is 0 Å². The quantitative estimate of drug-likeness (QED) is 0.652. The fraction of sp³-hybridized carbons (Fsp3) is 0.545. The zero-order chi connectivity index (χ0) is 14.0. The third-order valence-electron chi connectivity index (χ3n) is 2.85. The molecule has 19 heavy (non-hydrogen) atoms. The average Bonchev–Trinajstić information content (AvgIpc) is 2.83. The third kappa shape index (κ3) is 4.05. The van der Waals surface area contributed by atoms with Crippen LogP contribution < -0.4 is 10.6 Å². The maximum atomic E-state index is 11.4. The van der Waals surface area contributed by atoms with Crippen molar-refractivity contribution >= 4 is 55.1 Å². The van der Waals surface area contributed by atoms with Crippen molar-refractivity contribution in [3.8, 4) is 0 Å². The summed E-state index contributed by atoms with van der Waals surface area (Å²) in [4.78, 5) is 1.27. The number of anilines is 1. The van der Waals surface area contributed by atoms with Gasteiger partial charge in [0.15, 0.2) is 14.9 Å². The molecule has 1 saturated heterocycles. The van der Waals surface area contributed by atoms with E-state index in [4.69, 9.17) is 23.8 Å². The minimum Gasteiger partial charge on any atom is -0.357 e. The lowest BCUT2D eigenvalue weighted by Gasteiger charge is -2.16. The van der Waals surface area contributed by atoms with Gasteiger partial charge in [-0.3, -0.25) is 0 Å². The van der Waals surface area contributed by atoms with Crippen LogP contribution in [0.5, 0.6) is 0 Å². The number of nitrogens with one attached hydrogen (secondary N) is 2. The summed E-state index contributed by atoms with van der Waals surface area (Å²) >= 11 is 12.8. The summed E-state index contributed by atoms with van der Waals surface area (Å²) in [6, 6.07) is 3.68. The molecular formula is C11H15ClN2O2S3. The molecule has 1 aliphatic rings. The van der Waals surface area contributed by atoms with Crippen molar-refractivity contribution in [1.29, 1.82) is 0 Å². The van der Waals surface area contributed by atoms with Crippen molar-refractivity contribution in [2.75, 3.05) is 16.8 Å². The Morgan fingerprint density at radius 1 is 1.53 bits per heavy atom. The first-order chi connectivity index (χ1) is 8.89. The van der Waals surface area contributed by atoms with E-state index in [1.165, 1.54) is 4.88 Å². The molecule has 0 aliphatic carbocycles. The summed E-state index contributed by atoms with van der Waals surface area (Å²) in [6.07, 6.45) is 0.983. The van der Waals surface area contributed by atoms with Gasteiger partial charge in [0.25, 0.3) is 0 Å². The van der Waals surface area contributed by atoms with Crippen molar-refractivity contribution in [2.45, 2.75) is 24.8 Å². The molecule has 106 valence electrons. The lowest BCUT2D eigenvalue weighted by molar-refractivity contribution is 0.600. The van der Waals surface area contributed by atoms with Gasteiger partial charge in [-0.15, -0.1) is 22.9 Å². The number of thiocarbonyl (C=S) groups is 1. The summed E-state index contributed by atoms with van der Waals surface area (Å²) in [7, 11) is -3.04. The number of alkyl halides is 1. The van der Waals surface area contributed by atoms with Gasteiger partial charge in [-0.05, 0) is 30.8 Å². The van der Waals surface area contributed by atoms with Crippen LogP contribution in [0.3, 0.4) is 0 Å². The SMILES string of the molecule is CCc1ccc(NC(=S)N[C@H]2CS(=O)(=O)C[C@H]2Cl)s1. The molecule has 1 aromatic rings. The van der Waals surface area contributed by atoms with E-state index in [2.05, 4.69) is 17.6 Å². The highest BCUT2D eigenvalue weighted by atomic mass is 35.5. The van der Waals surface area contributed by atoms with Crippen molar-refractivity contribution in [2.24, 2.45) is 0 Å². The van der Waals surface area contributed by atoms with Crippen LogP contribution in [0.2, 0.25) is 0 Å². The number of rotatable bonds is 3. The van der Waals surface area contributed by atoms with Crippen LogP contribution in [0.25, 0.3) is 0 Å². The molecule has 2 N–H and O–H groups in total. The van der Waals surface area contributed by atoms with E-state index in [0.29, 0.717) is 5.11 Å². The molecule has 2 heterocycles. The average molecular weight is 339 g/mol. The van der Waals surface area contributed by atoms with Crippen LogP contribution in [-0.4, -0.2) is 36.5 Å². The molecule has 0 bridgehead atoms. The highest BCUT2D eigenvalue weighted by Gasteiger charge is 2.36. The molecule has 2 rings (SSSR count). The Bertz CT molecular complexity index is 570. The van der Waals surface area contributed by atoms with Crippen molar-refractivity contribution < 1.29 is 8.42 Å². The van der Waals surface area contributed by atoms with E-state index in [1.54, 1.807) is 11.3 Å². The monoisotopic (exact) mass is 338 g/mol. The van der Waals surface area contributed by atoms with Gasteiger partial charge in [0, 0.05) is 4.88 Å². The van der Waals surface area contributed by atoms with Crippen molar-refractivity contribution in [1.82, 2.24) is 5.32 Å². The molecule has 0 aromatic carbocycles. The first kappa shape index (κ1) is 15.0. The lowest BCUT2D eigenvalue weighted by Crippen LogP contribution is -2.42. The van der Waals surface area contributed by atoms with Gasteiger partial charge in [-0.2, -0.15) is 0 Å². The van der Waals surface area contributed by atoms with Gasteiger partial charge in [-0.1, -0.05) is 6.92 Å². The zero-order valence-electron chi connectivity index (χ0n) is 10.3. The number of aryl methyl sites for hydroxylation is 1. The largest absolute Gasteiger partial charge is 0.357 e. The summed E-state index contributed by atoms with van der Waals surface area (Å²) in [5.74, 6) is 0.0431. The zero-order valence-corrected chi connectivity index (χ0v) is 13.6. The molecule has 1 aromatic heterocycles. The second-order valence-electron chi connectivity index (χ2n) is 4.42. The molecule has 0 saturated carbocycles. The number of hydrogen-bond acceptors (Lipinski definition) is 4. The van der Waals surface area contributed by atoms with Gasteiger partial charge in [0.05, 0.1) is 27.9 Å². The number of hydrogen-bond donors (Lipinski definition) is 2. The Kier molecular flexibility index (Phi) is 4.70. The first-order valence-corrected chi connectivity index (χ1v) is 9.38. The lowest BCUT2D eigenvalue weighted by atomic mass is 10.2. The maximum Gasteiger partial charge on any atom is 0.171 e. The summed E-state index contributed by atoms with van der Waals surface area (Å²) in [5, 5.41) is 6.96. The van der Waals surface area contributed by atoms with Gasteiger partial charge >= 0.3 is 0 Å². The predicted octanol–water partition coefficient (Wildman–Crippen LogP) is 2.00. The van der Waals surface area contributed by atoms with E-state index in [-0.39, 0.29) is 17.5 Å². The molecule has 0 unspecified atom stereocenters. The van der Waals surface area contributed by atoms with Crippen LogP contribution in [0.15, 0.2) is 12.1 Å². The predicted molar refractivity (Wildman–Crippen MR) is 85.1 cm³/mol. The van der Waals surface area contributed by atoms with E-state index < -0.39 is 15.2 Å². The first-order valence-electron chi connectivity index (χ1n) is 5.90. The third-order valence-corrected chi connectivity index (χ3v) is 6.59. The molecule has 0 amide bonds. The molecule has 4 nitrogen and oxygen atoms in total. The van der Waals surface area contributed by atoms with Crippen LogP contribution in [0.1, 0.15) is 11.8 Å². The number of sulfone groups is 1. The van der Waals surface area contributed by atoms with Gasteiger partial charge in [0.2, 0.25) is 0 Å². The summed E-state index contributed by atoms with van der Waals surface area (Å²) < 4.78 is 22.9. The highest BCUT2D eigenvalue weighted by Crippen LogP contribution is 2.22. The van der Waals surface area contributed by atoms with E-state index in [1.807, 2.05) is 12.1 Å². The molecular weight excluding hydrogens is 324 g/mol. The Labute approximate surface area is 127 Å². The minimum atomic E-state index is -3.04. The van der Waals surface area contributed by atoms with Crippen LogP contribution >= 0.6 is 35.2 Å². The molecule has 1 fully saturated rings. The molecule has 0 spiro atoms. The van der Waals surface area contributed by atoms with Crippen molar-refractivity contribution in [3.05, 3.63) is 17.0 Å². The van der Waals surface area contributed by atoms with Crippen molar-refractivity contribution in [3.63, 3.8) is 0 Å². The highest BCUT2D eigenvalue weighted by molar-refractivity contribution is 7.91. The minimum absolute atomic E-state index is 0.00776. The topological polar surface area (TPSA) is 58.2 Å². The number of halogens is 1. The molecule has 2 atom stereocenters. The second-order valence-corrected chi connectivity index (χ2v) is 8.71. The van der Waals surface area contributed by atoms with E-state index in [9.17, 15) is 8.42 Å². The normalized spacial score (nSPS) is 25.2. The van der Waals surface area contributed by atoms with Crippen LogP contribution in [0.4, 0.5) is 5.00 Å². The standard InChI is InChI=1S/C11H15ClN2O2S3/c1-2-7-3-4-10(18-7)14-11(17)13-9-6-19(15,16)5-8(9)12/h3-4,8-9H,2,5-6H2,1H3,(H2,13,14,17)/t8-,9+/m1/s1. The number of thiophene rings is 1. The Morgan fingerprint density at radius 2 is 2.26 bits per heavy atom. The smallest absolute Gasteiger partial charge is 0.171 e. The van der Waals surface area contributed by atoms with E-state index >= 15 is 0 Å².